The summed E-state index contributed by atoms with van der Waals surface area (Å²) in [5.41, 5.74) is -5.68. The summed E-state index contributed by atoms with van der Waals surface area (Å²) in [7, 11) is 0. The second-order valence-electron chi connectivity index (χ2n) is 14.0. The highest BCUT2D eigenvalue weighted by Crippen LogP contribution is 2.54. The van der Waals surface area contributed by atoms with E-state index in [0.717, 1.165) is 34.6 Å². The molecule has 2 aliphatic carbocycles. The summed E-state index contributed by atoms with van der Waals surface area (Å²) in [6, 6.07) is 7.78. The van der Waals surface area contributed by atoms with Crippen molar-refractivity contribution in [1.82, 2.24) is 0 Å². The summed E-state index contributed by atoms with van der Waals surface area (Å²) < 4.78 is 34.6. The monoisotopic (exact) mass is 716 g/mol. The number of carbonyl (C=O) groups excluding carboxylic acids is 6. The van der Waals surface area contributed by atoms with Gasteiger partial charge in [-0.25, -0.2) is 4.79 Å². The van der Waals surface area contributed by atoms with Gasteiger partial charge in [-0.15, -0.1) is 0 Å². The molecular formula is C37H48O14. The molecule has 1 aromatic rings. The van der Waals surface area contributed by atoms with Crippen LogP contribution in [0.25, 0.3) is 0 Å². The van der Waals surface area contributed by atoms with Gasteiger partial charge in [0.05, 0.1) is 11.5 Å². The maximum atomic E-state index is 13.7. The van der Waals surface area contributed by atoms with Crippen molar-refractivity contribution in [2.24, 2.45) is 17.3 Å². The SMILES string of the molecule is C=C1[C@H](OC(C)=O)[C@H]2[C@@H](OC(=O)c3ccccc3)[C@](C)(OC(C)=O)C[C@]2(O)C(OC(C)=O)[C@H](C)/C=C/C(C)(C)C(OC(C)=O)[C@H](O)[C@H]1OC(C)=O. The van der Waals surface area contributed by atoms with E-state index in [1.165, 1.54) is 19.1 Å². The third-order valence-corrected chi connectivity index (χ3v) is 9.14. The van der Waals surface area contributed by atoms with Gasteiger partial charge in [0.15, 0.2) is 12.2 Å². The van der Waals surface area contributed by atoms with Crippen LogP contribution in [0.5, 0.6) is 0 Å². The molecule has 0 heterocycles. The minimum Gasteiger partial charge on any atom is -0.459 e. The second-order valence-corrected chi connectivity index (χ2v) is 14.0. The zero-order valence-electron chi connectivity index (χ0n) is 30.4. The van der Waals surface area contributed by atoms with Gasteiger partial charge in [0.25, 0.3) is 0 Å². The van der Waals surface area contributed by atoms with Gasteiger partial charge in [0, 0.05) is 57.9 Å². The van der Waals surface area contributed by atoms with Crippen LogP contribution >= 0.6 is 0 Å². The van der Waals surface area contributed by atoms with Gasteiger partial charge < -0.3 is 38.6 Å². The highest BCUT2D eigenvalue weighted by molar-refractivity contribution is 5.89. The van der Waals surface area contributed by atoms with Crippen molar-refractivity contribution in [2.75, 3.05) is 0 Å². The molecule has 1 aromatic carbocycles. The first kappa shape index (κ1) is 40.9. The molecule has 0 bridgehead atoms. The minimum absolute atomic E-state index is 0.0848. The average molecular weight is 717 g/mol. The van der Waals surface area contributed by atoms with Gasteiger partial charge in [-0.1, -0.05) is 57.7 Å². The van der Waals surface area contributed by atoms with Crippen molar-refractivity contribution in [1.29, 1.82) is 0 Å². The Morgan fingerprint density at radius 2 is 1.24 bits per heavy atom. The zero-order chi connectivity index (χ0) is 38.6. The number of aliphatic hydroxyl groups is 2. The fraction of sp³-hybridized carbons (Fsp3) is 0.568. The Morgan fingerprint density at radius 3 is 1.75 bits per heavy atom. The van der Waals surface area contributed by atoms with Crippen LogP contribution < -0.4 is 0 Å². The molecule has 2 unspecified atom stereocenters. The first-order valence-corrected chi connectivity index (χ1v) is 16.5. The Hall–Kier alpha value is -4.56. The molecule has 14 heteroatoms. The summed E-state index contributed by atoms with van der Waals surface area (Å²) in [5, 5.41) is 25.0. The molecule has 0 aromatic heterocycles. The Morgan fingerprint density at radius 1 is 0.725 bits per heavy atom. The average Bonchev–Trinajstić information content (AvgIpc) is 3.22. The molecule has 0 aliphatic heterocycles. The number of esters is 6. The van der Waals surface area contributed by atoms with E-state index in [-0.39, 0.29) is 11.1 Å². The van der Waals surface area contributed by atoms with Crippen LogP contribution in [0.4, 0.5) is 0 Å². The third-order valence-electron chi connectivity index (χ3n) is 9.14. The zero-order valence-corrected chi connectivity index (χ0v) is 30.4. The minimum atomic E-state index is -2.35. The molecule has 51 heavy (non-hydrogen) atoms. The van der Waals surface area contributed by atoms with Gasteiger partial charge in [0.1, 0.15) is 35.6 Å². The van der Waals surface area contributed by atoms with Gasteiger partial charge in [0.2, 0.25) is 0 Å². The number of benzene rings is 1. The molecule has 0 saturated heterocycles. The van der Waals surface area contributed by atoms with Crippen LogP contribution in [0, 0.1) is 17.3 Å². The molecular weight excluding hydrogens is 668 g/mol. The second kappa shape index (κ2) is 15.8. The maximum Gasteiger partial charge on any atom is 0.338 e. The smallest absolute Gasteiger partial charge is 0.338 e. The maximum absolute atomic E-state index is 13.7. The van der Waals surface area contributed by atoms with E-state index in [2.05, 4.69) is 6.58 Å². The largest absolute Gasteiger partial charge is 0.459 e. The van der Waals surface area contributed by atoms with E-state index in [1.54, 1.807) is 51.1 Å². The molecule has 0 amide bonds. The quantitative estimate of drug-likeness (QED) is 0.237. The molecule has 2 aliphatic rings. The molecule has 1 fully saturated rings. The van der Waals surface area contributed by atoms with Crippen molar-refractivity contribution in [3.63, 3.8) is 0 Å². The van der Waals surface area contributed by atoms with Crippen molar-refractivity contribution >= 4 is 35.8 Å². The van der Waals surface area contributed by atoms with E-state index in [9.17, 15) is 39.0 Å². The number of hydrogen-bond acceptors (Lipinski definition) is 14. The van der Waals surface area contributed by atoms with Crippen molar-refractivity contribution in [3.8, 4) is 0 Å². The van der Waals surface area contributed by atoms with Crippen LogP contribution in [0.15, 0.2) is 54.6 Å². The molecule has 10 atom stereocenters. The third kappa shape index (κ3) is 9.22. The van der Waals surface area contributed by atoms with E-state index >= 15 is 0 Å². The molecule has 14 nitrogen and oxygen atoms in total. The number of ether oxygens (including phenoxy) is 6. The predicted octanol–water partition coefficient (Wildman–Crippen LogP) is 3.16. The Kier molecular flexibility index (Phi) is 12.6. The lowest BCUT2D eigenvalue weighted by atomic mass is 9.71. The van der Waals surface area contributed by atoms with E-state index in [4.69, 9.17) is 28.4 Å². The molecule has 3 rings (SSSR count). The fourth-order valence-corrected chi connectivity index (χ4v) is 7.21. The number of hydrogen-bond donors (Lipinski definition) is 2. The Labute approximate surface area is 297 Å². The number of carbonyl (C=O) groups is 6. The van der Waals surface area contributed by atoms with Gasteiger partial charge >= 0.3 is 35.8 Å². The number of fused-ring (bicyclic) bond motifs is 1. The normalized spacial score (nSPS) is 33.9. The lowest BCUT2D eigenvalue weighted by molar-refractivity contribution is -0.194. The van der Waals surface area contributed by atoms with Crippen LogP contribution in [0.1, 0.15) is 79.1 Å². The fourth-order valence-electron chi connectivity index (χ4n) is 7.21. The Bertz CT molecular complexity index is 1550. The van der Waals surface area contributed by atoms with Crippen LogP contribution in [-0.4, -0.2) is 93.9 Å². The summed E-state index contributed by atoms with van der Waals surface area (Å²) in [6.07, 6.45) is -7.38. The van der Waals surface area contributed by atoms with Crippen LogP contribution in [-0.2, 0) is 52.4 Å². The van der Waals surface area contributed by atoms with Crippen molar-refractivity contribution in [2.45, 2.75) is 117 Å². The molecule has 2 N–H and O–H groups in total. The van der Waals surface area contributed by atoms with Crippen molar-refractivity contribution in [3.05, 3.63) is 60.2 Å². The number of rotatable bonds is 7. The molecule has 280 valence electrons. The molecule has 0 radical (unpaired) electrons. The summed E-state index contributed by atoms with van der Waals surface area (Å²) in [5.74, 6) is -7.72. The van der Waals surface area contributed by atoms with E-state index in [0.29, 0.717) is 0 Å². The summed E-state index contributed by atoms with van der Waals surface area (Å²) in [6.45, 7) is 15.8. The van der Waals surface area contributed by atoms with Gasteiger partial charge in [-0.3, -0.25) is 24.0 Å². The topological polar surface area (TPSA) is 198 Å². The summed E-state index contributed by atoms with van der Waals surface area (Å²) in [4.78, 5) is 76.9. The lowest BCUT2D eigenvalue weighted by Crippen LogP contribution is -2.59. The van der Waals surface area contributed by atoms with E-state index < -0.39 is 107 Å². The van der Waals surface area contributed by atoms with Crippen molar-refractivity contribution < 1.29 is 67.4 Å². The lowest BCUT2D eigenvalue weighted by Gasteiger charge is -2.45. The van der Waals surface area contributed by atoms with Crippen LogP contribution in [0.2, 0.25) is 0 Å². The highest BCUT2D eigenvalue weighted by atomic mass is 16.6. The first-order chi connectivity index (χ1) is 23.5. The highest BCUT2D eigenvalue weighted by Gasteiger charge is 2.70. The van der Waals surface area contributed by atoms with Gasteiger partial charge in [-0.05, 0) is 19.1 Å². The standard InChI is InChI=1S/C37H48O14/c1-19-16-17-35(8,9)33(49-24(6)41)28(43)30(47-22(4)39)20(2)29(46-21(3)38)27-32(50-34(44)26-14-12-11-13-15-26)36(10,51-25(7)42)18-37(27,45)31(19)48-23(5)40/h11-17,19,27-33,43,45H,2,18H2,1,3-10H3/b17-16+/t19-,27+,28-,29+,30+,31?,32-,33?,36-,37-/m1/s1. The summed E-state index contributed by atoms with van der Waals surface area (Å²) >= 11 is 0. The van der Waals surface area contributed by atoms with Crippen LogP contribution in [0.3, 0.4) is 0 Å². The Balaban J connectivity index is 2.49. The molecule has 0 spiro atoms. The predicted molar refractivity (Wildman–Crippen MR) is 178 cm³/mol. The molecule has 1 saturated carbocycles. The first-order valence-electron chi connectivity index (χ1n) is 16.5. The number of aliphatic hydroxyl groups excluding tert-OH is 1. The van der Waals surface area contributed by atoms with E-state index in [1.807, 2.05) is 0 Å². The van der Waals surface area contributed by atoms with Gasteiger partial charge in [-0.2, -0.15) is 0 Å².